The predicted octanol–water partition coefficient (Wildman–Crippen LogP) is 1.76. The lowest BCUT2D eigenvalue weighted by atomic mass is 10.2. The molecule has 2 rings (SSSR count). The summed E-state index contributed by atoms with van der Waals surface area (Å²) in [6, 6.07) is 4.55. The van der Waals surface area contributed by atoms with Gasteiger partial charge >= 0.3 is 0 Å². The van der Waals surface area contributed by atoms with Gasteiger partial charge in [-0.1, -0.05) is 23.7 Å². The minimum Gasteiger partial charge on any atom is -0.309 e. The topological polar surface area (TPSA) is 46.2 Å². The number of nitrogens with one attached hydrogen (secondary N) is 1. The lowest BCUT2D eigenvalue weighted by Crippen LogP contribution is -2.29. The van der Waals surface area contributed by atoms with Gasteiger partial charge in [-0.25, -0.2) is 12.8 Å². The molecule has 0 aromatic heterocycles. The summed E-state index contributed by atoms with van der Waals surface area (Å²) < 4.78 is 35.6. The van der Waals surface area contributed by atoms with Gasteiger partial charge in [0.2, 0.25) is 0 Å². The second-order valence-electron chi connectivity index (χ2n) is 4.19. The zero-order chi connectivity index (χ0) is 12.5. The summed E-state index contributed by atoms with van der Waals surface area (Å²) in [5, 5.41) is 3.19. The highest BCUT2D eigenvalue weighted by atomic mass is 35.5. The largest absolute Gasteiger partial charge is 0.309 e. The van der Waals surface area contributed by atoms with Crippen LogP contribution >= 0.6 is 11.6 Å². The molecule has 0 saturated carbocycles. The van der Waals surface area contributed by atoms with Crippen LogP contribution in [0.1, 0.15) is 12.0 Å². The monoisotopic (exact) mass is 277 g/mol. The third-order valence-electron chi connectivity index (χ3n) is 2.85. The van der Waals surface area contributed by atoms with Crippen molar-refractivity contribution in [3.8, 4) is 0 Å². The molecule has 0 aliphatic carbocycles. The molecule has 1 heterocycles. The first kappa shape index (κ1) is 12.8. The van der Waals surface area contributed by atoms with Gasteiger partial charge in [-0.15, -0.1) is 0 Å². The van der Waals surface area contributed by atoms with E-state index in [2.05, 4.69) is 5.32 Å². The molecule has 1 aliphatic rings. The van der Waals surface area contributed by atoms with Crippen LogP contribution in [0.4, 0.5) is 4.39 Å². The minimum atomic E-state index is -2.89. The smallest absolute Gasteiger partial charge is 0.151 e. The summed E-state index contributed by atoms with van der Waals surface area (Å²) in [5.74, 6) is -0.0772. The third kappa shape index (κ3) is 3.18. The zero-order valence-electron chi connectivity index (χ0n) is 9.12. The van der Waals surface area contributed by atoms with Crippen molar-refractivity contribution in [2.45, 2.75) is 19.0 Å². The second-order valence-corrected chi connectivity index (χ2v) is 6.80. The van der Waals surface area contributed by atoms with E-state index < -0.39 is 15.7 Å². The van der Waals surface area contributed by atoms with Crippen LogP contribution in [0.2, 0.25) is 5.02 Å². The Kier molecular flexibility index (Phi) is 3.70. The summed E-state index contributed by atoms with van der Waals surface area (Å²) in [7, 11) is -2.89. The first-order valence-corrected chi connectivity index (χ1v) is 7.54. The number of halogens is 2. The zero-order valence-corrected chi connectivity index (χ0v) is 10.7. The van der Waals surface area contributed by atoms with E-state index in [0.717, 1.165) is 0 Å². The van der Waals surface area contributed by atoms with Crippen LogP contribution in [0.3, 0.4) is 0 Å². The summed E-state index contributed by atoms with van der Waals surface area (Å²) >= 11 is 5.80. The van der Waals surface area contributed by atoms with Gasteiger partial charge in [0, 0.05) is 12.6 Å². The Hall–Kier alpha value is -0.650. The molecule has 94 valence electrons. The van der Waals surface area contributed by atoms with Gasteiger partial charge in [0.15, 0.2) is 9.84 Å². The van der Waals surface area contributed by atoms with Crippen LogP contribution in [-0.2, 0) is 16.4 Å². The molecule has 1 aromatic carbocycles. The van der Waals surface area contributed by atoms with E-state index >= 15 is 0 Å². The lowest BCUT2D eigenvalue weighted by Gasteiger charge is -2.11. The van der Waals surface area contributed by atoms with Crippen molar-refractivity contribution < 1.29 is 12.8 Å². The molecule has 0 radical (unpaired) electrons. The van der Waals surface area contributed by atoms with Crippen molar-refractivity contribution in [1.29, 1.82) is 0 Å². The molecule has 1 N–H and O–H groups in total. The number of benzene rings is 1. The predicted molar refractivity (Wildman–Crippen MR) is 65.3 cm³/mol. The number of hydrogen-bond donors (Lipinski definition) is 1. The van der Waals surface area contributed by atoms with Gasteiger partial charge in [0.1, 0.15) is 5.82 Å². The Morgan fingerprint density at radius 1 is 1.47 bits per heavy atom. The first-order valence-electron chi connectivity index (χ1n) is 5.34. The fraction of sp³-hybridized carbons (Fsp3) is 0.455. The van der Waals surface area contributed by atoms with Gasteiger partial charge in [0.05, 0.1) is 16.5 Å². The van der Waals surface area contributed by atoms with E-state index in [1.54, 1.807) is 12.1 Å². The minimum absolute atomic E-state index is 0.0562. The highest BCUT2D eigenvalue weighted by molar-refractivity contribution is 7.91. The van der Waals surface area contributed by atoms with Gasteiger partial charge < -0.3 is 5.32 Å². The van der Waals surface area contributed by atoms with E-state index in [0.29, 0.717) is 18.5 Å². The molecular formula is C11H13ClFNO2S. The number of sulfone groups is 1. The van der Waals surface area contributed by atoms with Crippen molar-refractivity contribution in [2.75, 3.05) is 11.5 Å². The van der Waals surface area contributed by atoms with Gasteiger partial charge in [0.25, 0.3) is 0 Å². The van der Waals surface area contributed by atoms with Gasteiger partial charge in [-0.05, 0) is 18.1 Å². The van der Waals surface area contributed by atoms with Gasteiger partial charge in [-0.2, -0.15) is 0 Å². The Balaban J connectivity index is 1.97. The van der Waals surface area contributed by atoms with Crippen molar-refractivity contribution in [1.82, 2.24) is 5.32 Å². The standard InChI is InChI=1S/C11H13ClFNO2S/c12-11-8(2-1-3-10(11)13)6-14-9-4-5-17(15,16)7-9/h1-3,9,14H,4-7H2. The highest BCUT2D eigenvalue weighted by Gasteiger charge is 2.27. The summed E-state index contributed by atoms with van der Waals surface area (Å²) in [4.78, 5) is 0. The summed E-state index contributed by atoms with van der Waals surface area (Å²) in [6.45, 7) is 0.386. The molecule has 6 heteroatoms. The molecule has 0 spiro atoms. The van der Waals surface area contributed by atoms with Crippen LogP contribution in [0.15, 0.2) is 18.2 Å². The van der Waals surface area contributed by atoms with E-state index in [-0.39, 0.29) is 22.6 Å². The number of hydrogen-bond acceptors (Lipinski definition) is 3. The normalized spacial score (nSPS) is 22.8. The quantitative estimate of drug-likeness (QED) is 0.916. The third-order valence-corrected chi connectivity index (χ3v) is 5.04. The molecule has 3 nitrogen and oxygen atoms in total. The van der Waals surface area contributed by atoms with E-state index in [9.17, 15) is 12.8 Å². The number of rotatable bonds is 3. The molecule has 1 unspecified atom stereocenters. The molecule has 1 fully saturated rings. The lowest BCUT2D eigenvalue weighted by molar-refractivity contribution is 0.551. The Morgan fingerprint density at radius 2 is 2.24 bits per heavy atom. The Labute approximate surface area is 105 Å². The molecule has 0 amide bonds. The molecule has 17 heavy (non-hydrogen) atoms. The summed E-state index contributed by atoms with van der Waals surface area (Å²) in [6.07, 6.45) is 0.606. The van der Waals surface area contributed by atoms with Crippen LogP contribution in [-0.4, -0.2) is 26.0 Å². The van der Waals surface area contributed by atoms with Crippen LogP contribution in [0.25, 0.3) is 0 Å². The Bertz CT molecular complexity index is 518. The van der Waals surface area contributed by atoms with Crippen molar-refractivity contribution >= 4 is 21.4 Å². The summed E-state index contributed by atoms with van der Waals surface area (Å²) in [5.41, 5.74) is 0.649. The molecule has 1 aliphatic heterocycles. The van der Waals surface area contributed by atoms with Crippen molar-refractivity contribution in [3.05, 3.63) is 34.6 Å². The first-order chi connectivity index (χ1) is 7.98. The SMILES string of the molecule is O=S1(=O)CCC(NCc2cccc(F)c2Cl)C1. The highest BCUT2D eigenvalue weighted by Crippen LogP contribution is 2.20. The average Bonchev–Trinajstić information content (AvgIpc) is 2.61. The Morgan fingerprint density at radius 3 is 2.88 bits per heavy atom. The second kappa shape index (κ2) is 4.92. The van der Waals surface area contributed by atoms with E-state index in [4.69, 9.17) is 11.6 Å². The van der Waals surface area contributed by atoms with Crippen LogP contribution < -0.4 is 5.32 Å². The fourth-order valence-electron chi connectivity index (χ4n) is 1.90. The maximum Gasteiger partial charge on any atom is 0.151 e. The van der Waals surface area contributed by atoms with E-state index in [1.165, 1.54) is 6.07 Å². The van der Waals surface area contributed by atoms with Crippen molar-refractivity contribution in [3.63, 3.8) is 0 Å². The van der Waals surface area contributed by atoms with Gasteiger partial charge in [-0.3, -0.25) is 0 Å². The maximum absolute atomic E-state index is 13.1. The van der Waals surface area contributed by atoms with Crippen LogP contribution in [0.5, 0.6) is 0 Å². The molecule has 1 saturated heterocycles. The molecule has 1 atom stereocenters. The molecule has 1 aromatic rings. The molecular weight excluding hydrogens is 265 g/mol. The molecule has 0 bridgehead atoms. The van der Waals surface area contributed by atoms with Crippen molar-refractivity contribution in [2.24, 2.45) is 0 Å². The average molecular weight is 278 g/mol. The van der Waals surface area contributed by atoms with Crippen LogP contribution in [0, 0.1) is 5.82 Å². The fourth-order valence-corrected chi connectivity index (χ4v) is 3.80. The maximum atomic E-state index is 13.1. The van der Waals surface area contributed by atoms with E-state index in [1.807, 2.05) is 0 Å².